The highest BCUT2D eigenvalue weighted by Gasteiger charge is 2.16. The maximum absolute atomic E-state index is 12.7. The molecule has 0 saturated carbocycles. The van der Waals surface area contributed by atoms with Gasteiger partial charge in [-0.3, -0.25) is 14.6 Å². The van der Waals surface area contributed by atoms with Crippen molar-refractivity contribution < 1.29 is 9.53 Å². The summed E-state index contributed by atoms with van der Waals surface area (Å²) in [5, 5.41) is 7.11. The highest BCUT2D eigenvalue weighted by atomic mass is 16.5. The van der Waals surface area contributed by atoms with E-state index in [1.807, 2.05) is 30.3 Å². The SMILES string of the molecule is COc1ccccc1C(=O)Nc1cc(=O)[nH]c2nc(-c3ccccc3)nn12. The molecule has 4 aromatic rings. The highest BCUT2D eigenvalue weighted by Crippen LogP contribution is 2.20. The Hall–Kier alpha value is -3.94. The third kappa shape index (κ3) is 3.15. The van der Waals surface area contributed by atoms with E-state index in [-0.39, 0.29) is 11.6 Å². The molecule has 0 fully saturated rings. The first-order valence-electron chi connectivity index (χ1n) is 8.15. The van der Waals surface area contributed by atoms with Crippen molar-refractivity contribution in [2.24, 2.45) is 0 Å². The van der Waals surface area contributed by atoms with Gasteiger partial charge in [-0.2, -0.15) is 9.50 Å². The topological polar surface area (TPSA) is 101 Å². The monoisotopic (exact) mass is 361 g/mol. The zero-order valence-corrected chi connectivity index (χ0v) is 14.3. The molecule has 2 heterocycles. The standard InChI is InChI=1S/C19H15N5O3/c1-27-14-10-6-5-9-13(14)18(26)20-15-11-16(25)21-19-22-17(23-24(15)19)12-7-3-2-4-8-12/h2-11H,1H3,(H,20,26)(H,21,22,23,25). The summed E-state index contributed by atoms with van der Waals surface area (Å²) in [5.41, 5.74) is 0.741. The number of carbonyl (C=O) groups is 1. The predicted octanol–water partition coefficient (Wildman–Crippen LogP) is 2.35. The van der Waals surface area contributed by atoms with Crippen LogP contribution >= 0.6 is 0 Å². The Morgan fingerprint density at radius 1 is 1.11 bits per heavy atom. The van der Waals surface area contributed by atoms with Gasteiger partial charge in [0.25, 0.3) is 11.5 Å². The highest BCUT2D eigenvalue weighted by molar-refractivity contribution is 6.05. The van der Waals surface area contributed by atoms with Gasteiger partial charge in [0, 0.05) is 11.6 Å². The smallest absolute Gasteiger partial charge is 0.260 e. The van der Waals surface area contributed by atoms with Crippen LogP contribution in [-0.4, -0.2) is 32.6 Å². The zero-order valence-electron chi connectivity index (χ0n) is 14.3. The molecule has 0 aliphatic rings. The van der Waals surface area contributed by atoms with Gasteiger partial charge >= 0.3 is 0 Å². The molecule has 0 saturated heterocycles. The van der Waals surface area contributed by atoms with Crippen molar-refractivity contribution in [3.05, 3.63) is 76.6 Å². The summed E-state index contributed by atoms with van der Waals surface area (Å²) < 4.78 is 6.60. The molecule has 2 N–H and O–H groups in total. The lowest BCUT2D eigenvalue weighted by atomic mass is 10.2. The van der Waals surface area contributed by atoms with Crippen LogP contribution in [0.2, 0.25) is 0 Å². The summed E-state index contributed by atoms with van der Waals surface area (Å²) in [7, 11) is 1.49. The van der Waals surface area contributed by atoms with Crippen LogP contribution in [0.5, 0.6) is 5.75 Å². The molecule has 134 valence electrons. The minimum atomic E-state index is -0.420. The van der Waals surface area contributed by atoms with E-state index >= 15 is 0 Å². The van der Waals surface area contributed by atoms with Crippen LogP contribution in [0.15, 0.2) is 65.5 Å². The average Bonchev–Trinajstić information content (AvgIpc) is 3.12. The number of hydrogen-bond donors (Lipinski definition) is 2. The zero-order chi connectivity index (χ0) is 18.8. The normalized spacial score (nSPS) is 10.7. The number of H-pyrrole nitrogens is 1. The fourth-order valence-corrected chi connectivity index (χ4v) is 2.71. The Morgan fingerprint density at radius 3 is 2.63 bits per heavy atom. The average molecular weight is 361 g/mol. The number of ether oxygens (including phenoxy) is 1. The molecule has 1 amide bonds. The second-order valence-electron chi connectivity index (χ2n) is 5.71. The summed E-state index contributed by atoms with van der Waals surface area (Å²) >= 11 is 0. The van der Waals surface area contributed by atoms with Crippen LogP contribution in [0.25, 0.3) is 17.2 Å². The van der Waals surface area contributed by atoms with Gasteiger partial charge in [-0.25, -0.2) is 0 Å². The Bertz CT molecular complexity index is 1180. The molecule has 0 aliphatic heterocycles. The van der Waals surface area contributed by atoms with Gasteiger partial charge in [0.1, 0.15) is 11.6 Å². The lowest BCUT2D eigenvalue weighted by Crippen LogP contribution is -2.19. The maximum atomic E-state index is 12.7. The second-order valence-corrected chi connectivity index (χ2v) is 5.71. The van der Waals surface area contributed by atoms with Crippen LogP contribution in [0.1, 0.15) is 10.4 Å². The Balaban J connectivity index is 1.76. The second kappa shape index (κ2) is 6.75. The van der Waals surface area contributed by atoms with E-state index in [9.17, 15) is 9.59 Å². The fraction of sp³-hybridized carbons (Fsp3) is 0.0526. The number of fused-ring (bicyclic) bond motifs is 1. The molecule has 0 aliphatic carbocycles. The Labute approximate surface area is 153 Å². The van der Waals surface area contributed by atoms with Crippen molar-refractivity contribution >= 4 is 17.5 Å². The number of methoxy groups -OCH3 is 1. The number of anilines is 1. The Kier molecular flexibility index (Phi) is 4.13. The molecule has 0 atom stereocenters. The number of carbonyl (C=O) groups excluding carboxylic acids is 1. The van der Waals surface area contributed by atoms with Crippen molar-refractivity contribution in [3.63, 3.8) is 0 Å². The molecular weight excluding hydrogens is 346 g/mol. The van der Waals surface area contributed by atoms with E-state index in [1.165, 1.54) is 17.7 Å². The summed E-state index contributed by atoms with van der Waals surface area (Å²) in [5.74, 6) is 0.886. The molecule has 8 heteroatoms. The van der Waals surface area contributed by atoms with Gasteiger partial charge < -0.3 is 10.1 Å². The number of nitrogens with zero attached hydrogens (tertiary/aromatic N) is 3. The molecule has 0 bridgehead atoms. The van der Waals surface area contributed by atoms with E-state index in [4.69, 9.17) is 4.74 Å². The molecular formula is C19H15N5O3. The molecule has 2 aromatic heterocycles. The van der Waals surface area contributed by atoms with Crippen molar-refractivity contribution in [2.45, 2.75) is 0 Å². The third-order valence-corrected chi connectivity index (χ3v) is 3.96. The number of aromatic nitrogens is 4. The number of hydrogen-bond acceptors (Lipinski definition) is 5. The van der Waals surface area contributed by atoms with E-state index in [2.05, 4.69) is 20.4 Å². The van der Waals surface area contributed by atoms with Crippen LogP contribution in [-0.2, 0) is 0 Å². The quantitative estimate of drug-likeness (QED) is 0.581. The summed E-state index contributed by atoms with van der Waals surface area (Å²) in [6.45, 7) is 0. The molecule has 4 rings (SSSR count). The lowest BCUT2D eigenvalue weighted by molar-refractivity contribution is 0.102. The Morgan fingerprint density at radius 2 is 1.85 bits per heavy atom. The van der Waals surface area contributed by atoms with Gasteiger partial charge in [0.05, 0.1) is 12.7 Å². The molecule has 8 nitrogen and oxygen atoms in total. The summed E-state index contributed by atoms with van der Waals surface area (Å²) in [4.78, 5) is 31.6. The summed E-state index contributed by atoms with van der Waals surface area (Å²) in [6.07, 6.45) is 0. The molecule has 0 spiro atoms. The van der Waals surface area contributed by atoms with Crippen LogP contribution < -0.4 is 15.6 Å². The first kappa shape index (κ1) is 16.5. The van der Waals surface area contributed by atoms with Crippen molar-refractivity contribution in [2.75, 3.05) is 12.4 Å². The number of amides is 1. The number of benzene rings is 2. The first-order valence-corrected chi connectivity index (χ1v) is 8.15. The van der Waals surface area contributed by atoms with E-state index < -0.39 is 11.5 Å². The van der Waals surface area contributed by atoms with Crippen molar-refractivity contribution in [3.8, 4) is 17.1 Å². The van der Waals surface area contributed by atoms with Gasteiger partial charge in [-0.05, 0) is 12.1 Å². The fourth-order valence-electron chi connectivity index (χ4n) is 2.71. The number of para-hydroxylation sites is 1. The minimum Gasteiger partial charge on any atom is -0.496 e. The number of rotatable bonds is 4. The van der Waals surface area contributed by atoms with E-state index in [1.54, 1.807) is 24.3 Å². The summed E-state index contributed by atoms with van der Waals surface area (Å²) in [6, 6.07) is 17.4. The number of nitrogens with one attached hydrogen (secondary N) is 2. The minimum absolute atomic E-state index is 0.208. The van der Waals surface area contributed by atoms with Gasteiger partial charge in [-0.15, -0.1) is 5.10 Å². The van der Waals surface area contributed by atoms with Crippen LogP contribution in [0.4, 0.5) is 5.82 Å². The predicted molar refractivity (Wildman–Crippen MR) is 100.0 cm³/mol. The molecule has 27 heavy (non-hydrogen) atoms. The lowest BCUT2D eigenvalue weighted by Gasteiger charge is -2.09. The van der Waals surface area contributed by atoms with Crippen LogP contribution in [0.3, 0.4) is 0 Å². The van der Waals surface area contributed by atoms with Crippen molar-refractivity contribution in [1.82, 2.24) is 19.6 Å². The molecule has 2 aromatic carbocycles. The largest absolute Gasteiger partial charge is 0.496 e. The molecule has 0 radical (unpaired) electrons. The number of aromatic amines is 1. The van der Waals surface area contributed by atoms with Gasteiger partial charge in [-0.1, -0.05) is 42.5 Å². The maximum Gasteiger partial charge on any atom is 0.260 e. The van der Waals surface area contributed by atoms with E-state index in [0.29, 0.717) is 17.1 Å². The molecule has 0 unspecified atom stereocenters. The first-order chi connectivity index (χ1) is 13.2. The van der Waals surface area contributed by atoms with Crippen molar-refractivity contribution in [1.29, 1.82) is 0 Å². The van der Waals surface area contributed by atoms with Gasteiger partial charge in [0.15, 0.2) is 5.82 Å². The third-order valence-electron chi connectivity index (χ3n) is 3.96. The van der Waals surface area contributed by atoms with E-state index in [0.717, 1.165) is 5.56 Å². The van der Waals surface area contributed by atoms with Crippen LogP contribution in [0, 0.1) is 0 Å². The van der Waals surface area contributed by atoms with Gasteiger partial charge in [0.2, 0.25) is 5.78 Å².